The van der Waals surface area contributed by atoms with E-state index < -0.39 is 0 Å². The Labute approximate surface area is 89.8 Å². The highest BCUT2D eigenvalue weighted by Crippen LogP contribution is 1.97. The summed E-state index contributed by atoms with van der Waals surface area (Å²) in [5, 5.41) is 4.37. The number of nitrogens with zero attached hydrogens (tertiary/aromatic N) is 1. The number of benzene rings is 1. The van der Waals surface area contributed by atoms with E-state index in [1.54, 1.807) is 31.3 Å². The predicted octanol–water partition coefficient (Wildman–Crippen LogP) is 0.910. The van der Waals surface area contributed by atoms with Crippen LogP contribution < -0.4 is 5.32 Å². The van der Waals surface area contributed by atoms with Gasteiger partial charge in [-0.15, -0.1) is 0 Å². The predicted molar refractivity (Wildman–Crippen MR) is 58.4 cm³/mol. The van der Waals surface area contributed by atoms with Crippen molar-refractivity contribution in [1.29, 1.82) is 0 Å². The Balaban J connectivity index is 2.25. The highest BCUT2D eigenvalue weighted by Gasteiger charge is 2.02. The van der Waals surface area contributed by atoms with Crippen LogP contribution in [-0.2, 0) is 4.84 Å². The molecule has 0 fully saturated rings. The standard InChI is InChI=1S/C11H16N2O2/c1-13(2)15-9-8-12-11(14)10-6-4-3-5-7-10/h3-7H,8-9H2,1-2H3,(H,12,14). The Bertz CT molecular complexity index is 299. The first-order valence-corrected chi connectivity index (χ1v) is 4.83. The van der Waals surface area contributed by atoms with Gasteiger partial charge in [0.05, 0.1) is 6.61 Å². The summed E-state index contributed by atoms with van der Waals surface area (Å²) in [6, 6.07) is 9.12. The molecule has 0 heterocycles. The number of rotatable bonds is 5. The average Bonchev–Trinajstić information content (AvgIpc) is 2.25. The maximum atomic E-state index is 11.5. The van der Waals surface area contributed by atoms with E-state index in [-0.39, 0.29) is 5.91 Å². The smallest absolute Gasteiger partial charge is 0.251 e. The fourth-order valence-electron chi connectivity index (χ4n) is 1.08. The van der Waals surface area contributed by atoms with Gasteiger partial charge in [0, 0.05) is 26.2 Å². The minimum Gasteiger partial charge on any atom is -0.350 e. The van der Waals surface area contributed by atoms with Crippen LogP contribution in [0.25, 0.3) is 0 Å². The molecular formula is C11H16N2O2. The maximum Gasteiger partial charge on any atom is 0.251 e. The van der Waals surface area contributed by atoms with E-state index in [0.717, 1.165) is 0 Å². The average molecular weight is 208 g/mol. The molecule has 15 heavy (non-hydrogen) atoms. The van der Waals surface area contributed by atoms with Crippen molar-refractivity contribution in [3.63, 3.8) is 0 Å². The lowest BCUT2D eigenvalue weighted by molar-refractivity contribution is -0.117. The molecule has 0 bridgehead atoms. The van der Waals surface area contributed by atoms with E-state index in [9.17, 15) is 4.79 Å². The molecule has 1 aromatic carbocycles. The number of carbonyl (C=O) groups excluding carboxylic acids is 1. The monoisotopic (exact) mass is 208 g/mol. The molecule has 0 saturated heterocycles. The molecule has 0 atom stereocenters. The van der Waals surface area contributed by atoms with Crippen LogP contribution in [0.15, 0.2) is 30.3 Å². The van der Waals surface area contributed by atoms with Crippen LogP contribution in [0.2, 0.25) is 0 Å². The molecule has 4 nitrogen and oxygen atoms in total. The lowest BCUT2D eigenvalue weighted by Gasteiger charge is -2.10. The summed E-state index contributed by atoms with van der Waals surface area (Å²) in [5.74, 6) is -0.0713. The zero-order valence-corrected chi connectivity index (χ0v) is 9.06. The molecule has 0 aliphatic rings. The molecule has 0 unspecified atom stereocenters. The molecule has 82 valence electrons. The Morgan fingerprint density at radius 3 is 2.60 bits per heavy atom. The third kappa shape index (κ3) is 4.58. The van der Waals surface area contributed by atoms with Crippen LogP contribution in [0.1, 0.15) is 10.4 Å². The summed E-state index contributed by atoms with van der Waals surface area (Å²) in [6.07, 6.45) is 0. The van der Waals surface area contributed by atoms with Gasteiger partial charge in [0.2, 0.25) is 0 Å². The number of amides is 1. The molecular weight excluding hydrogens is 192 g/mol. The molecule has 1 rings (SSSR count). The van der Waals surface area contributed by atoms with Gasteiger partial charge in [-0.05, 0) is 12.1 Å². The van der Waals surface area contributed by atoms with E-state index in [1.807, 2.05) is 18.2 Å². The van der Waals surface area contributed by atoms with E-state index >= 15 is 0 Å². The highest BCUT2D eigenvalue weighted by atomic mass is 16.7. The number of carbonyl (C=O) groups is 1. The van der Waals surface area contributed by atoms with Crippen molar-refractivity contribution in [2.75, 3.05) is 27.2 Å². The summed E-state index contributed by atoms with van der Waals surface area (Å²) in [7, 11) is 3.61. The van der Waals surface area contributed by atoms with Gasteiger partial charge in [-0.2, -0.15) is 5.06 Å². The topological polar surface area (TPSA) is 41.6 Å². The van der Waals surface area contributed by atoms with E-state index in [4.69, 9.17) is 4.84 Å². The van der Waals surface area contributed by atoms with Gasteiger partial charge in [0.25, 0.3) is 5.91 Å². The first-order chi connectivity index (χ1) is 7.20. The summed E-state index contributed by atoms with van der Waals surface area (Å²) in [5.41, 5.74) is 0.669. The normalized spacial score (nSPS) is 10.3. The van der Waals surface area contributed by atoms with Gasteiger partial charge in [-0.3, -0.25) is 9.63 Å². The maximum absolute atomic E-state index is 11.5. The molecule has 0 radical (unpaired) electrons. The van der Waals surface area contributed by atoms with Crippen molar-refractivity contribution in [2.45, 2.75) is 0 Å². The van der Waals surface area contributed by atoms with Crippen LogP contribution >= 0.6 is 0 Å². The van der Waals surface area contributed by atoms with Gasteiger partial charge in [0.1, 0.15) is 0 Å². The Morgan fingerprint density at radius 1 is 1.33 bits per heavy atom. The largest absolute Gasteiger partial charge is 0.350 e. The number of hydrogen-bond donors (Lipinski definition) is 1. The minimum atomic E-state index is -0.0713. The quantitative estimate of drug-likeness (QED) is 0.577. The summed E-state index contributed by atoms with van der Waals surface area (Å²) < 4.78 is 0. The second-order valence-corrected chi connectivity index (χ2v) is 3.27. The van der Waals surface area contributed by atoms with E-state index in [2.05, 4.69) is 5.32 Å². The highest BCUT2D eigenvalue weighted by molar-refractivity contribution is 5.94. The molecule has 0 saturated carbocycles. The van der Waals surface area contributed by atoms with Crippen molar-refractivity contribution >= 4 is 5.91 Å². The van der Waals surface area contributed by atoms with Gasteiger partial charge in [0.15, 0.2) is 0 Å². The van der Waals surface area contributed by atoms with Crippen molar-refractivity contribution < 1.29 is 9.63 Å². The molecule has 0 spiro atoms. The van der Waals surface area contributed by atoms with Gasteiger partial charge in [-0.1, -0.05) is 18.2 Å². The number of nitrogens with one attached hydrogen (secondary N) is 1. The van der Waals surface area contributed by atoms with Crippen molar-refractivity contribution in [3.8, 4) is 0 Å². The number of hydrogen-bond acceptors (Lipinski definition) is 3. The molecule has 0 aliphatic heterocycles. The first kappa shape index (κ1) is 11.7. The molecule has 0 aromatic heterocycles. The van der Waals surface area contributed by atoms with Crippen molar-refractivity contribution in [3.05, 3.63) is 35.9 Å². The van der Waals surface area contributed by atoms with Crippen LogP contribution in [0.4, 0.5) is 0 Å². The lowest BCUT2D eigenvalue weighted by atomic mass is 10.2. The van der Waals surface area contributed by atoms with Gasteiger partial charge in [-0.25, -0.2) is 0 Å². The SMILES string of the molecule is CN(C)OCCNC(=O)c1ccccc1. The van der Waals surface area contributed by atoms with Crippen LogP contribution in [-0.4, -0.2) is 38.2 Å². The zero-order chi connectivity index (χ0) is 11.1. The van der Waals surface area contributed by atoms with Crippen LogP contribution in [0.3, 0.4) is 0 Å². The Hall–Kier alpha value is -1.39. The minimum absolute atomic E-state index is 0.0713. The van der Waals surface area contributed by atoms with Crippen molar-refractivity contribution in [1.82, 2.24) is 10.4 Å². The fourth-order valence-corrected chi connectivity index (χ4v) is 1.08. The molecule has 4 heteroatoms. The Morgan fingerprint density at radius 2 is 2.00 bits per heavy atom. The number of hydroxylamine groups is 2. The lowest BCUT2D eigenvalue weighted by Crippen LogP contribution is -2.29. The second kappa shape index (κ2) is 6.16. The van der Waals surface area contributed by atoms with Crippen LogP contribution in [0.5, 0.6) is 0 Å². The third-order valence-electron chi connectivity index (χ3n) is 1.77. The summed E-state index contributed by atoms with van der Waals surface area (Å²) in [6.45, 7) is 0.984. The third-order valence-corrected chi connectivity index (χ3v) is 1.77. The molecule has 1 aromatic rings. The van der Waals surface area contributed by atoms with E-state index in [0.29, 0.717) is 18.7 Å². The van der Waals surface area contributed by atoms with Gasteiger partial charge >= 0.3 is 0 Å². The van der Waals surface area contributed by atoms with E-state index in [1.165, 1.54) is 0 Å². The molecule has 1 amide bonds. The summed E-state index contributed by atoms with van der Waals surface area (Å²) >= 11 is 0. The Kier molecular flexibility index (Phi) is 4.80. The van der Waals surface area contributed by atoms with Crippen LogP contribution in [0, 0.1) is 0 Å². The molecule has 0 aliphatic carbocycles. The zero-order valence-electron chi connectivity index (χ0n) is 9.06. The van der Waals surface area contributed by atoms with Gasteiger partial charge < -0.3 is 5.32 Å². The molecule has 1 N–H and O–H groups in total. The first-order valence-electron chi connectivity index (χ1n) is 4.83. The fraction of sp³-hybridized carbons (Fsp3) is 0.364. The second-order valence-electron chi connectivity index (χ2n) is 3.27. The van der Waals surface area contributed by atoms with Crippen molar-refractivity contribution in [2.24, 2.45) is 0 Å². The summed E-state index contributed by atoms with van der Waals surface area (Å²) in [4.78, 5) is 16.7.